The predicted molar refractivity (Wildman–Crippen MR) is 231 cm³/mol. The van der Waals surface area contributed by atoms with Crippen LogP contribution in [-0.2, 0) is 0 Å². The number of thioether (sulfide) groups is 2. The molecule has 7 aliphatic rings. The second-order valence-corrected chi connectivity index (χ2v) is 18.4. The molecule has 0 amide bonds. The van der Waals surface area contributed by atoms with Gasteiger partial charge in [-0.05, 0) is 110 Å². The highest BCUT2D eigenvalue weighted by Gasteiger charge is 2.42. The number of hydrogen-bond donors (Lipinski definition) is 0. The quantitative estimate of drug-likeness (QED) is 0.244. The van der Waals surface area contributed by atoms with Gasteiger partial charge in [0.15, 0.2) is 0 Å². The minimum atomic E-state index is -0.218. The Morgan fingerprint density at radius 2 is 1.64 bits per heavy atom. The fourth-order valence-corrected chi connectivity index (χ4v) is 13.2. The van der Waals surface area contributed by atoms with Gasteiger partial charge < -0.3 is 0 Å². The smallest absolute Gasteiger partial charge is 0.0991 e. The van der Waals surface area contributed by atoms with Gasteiger partial charge in [0.2, 0.25) is 0 Å². The van der Waals surface area contributed by atoms with Gasteiger partial charge in [-0.2, -0.15) is 10.5 Å². The number of nitriles is 2. The summed E-state index contributed by atoms with van der Waals surface area (Å²) >= 11 is 4.12. The molecule has 1 fully saturated rings. The Balaban J connectivity index is 1.25. The Hall–Kier alpha value is -5.00. The Kier molecular flexibility index (Phi) is 8.94. The van der Waals surface area contributed by atoms with E-state index in [0.29, 0.717) is 33.8 Å². The van der Waals surface area contributed by atoms with Crippen molar-refractivity contribution in [2.24, 2.45) is 29.6 Å². The van der Waals surface area contributed by atoms with Crippen LogP contribution in [0.1, 0.15) is 60.8 Å². The molecule has 8 unspecified atom stereocenters. The van der Waals surface area contributed by atoms with Crippen molar-refractivity contribution in [2.75, 3.05) is 0 Å². The normalized spacial score (nSPS) is 29.7. The summed E-state index contributed by atoms with van der Waals surface area (Å²) in [6, 6.07) is 26.7. The molecule has 55 heavy (non-hydrogen) atoms. The zero-order valence-corrected chi connectivity index (χ0v) is 32.6. The molecule has 0 bridgehead atoms. The summed E-state index contributed by atoms with van der Waals surface area (Å²) in [4.78, 5) is 2.96. The summed E-state index contributed by atoms with van der Waals surface area (Å²) in [7, 11) is 0. The summed E-state index contributed by atoms with van der Waals surface area (Å²) in [6.45, 7) is 2.22. The molecular weight excluding hydrogens is 705 g/mol. The maximum Gasteiger partial charge on any atom is 0.0991 e. The van der Waals surface area contributed by atoms with Crippen LogP contribution < -0.4 is 0 Å². The van der Waals surface area contributed by atoms with E-state index in [1.807, 2.05) is 23.9 Å². The number of fused-ring (bicyclic) bond motifs is 5. The van der Waals surface area contributed by atoms with Gasteiger partial charge in [0.25, 0.3) is 0 Å². The van der Waals surface area contributed by atoms with Crippen LogP contribution in [-0.4, -0.2) is 10.5 Å². The van der Waals surface area contributed by atoms with Crippen LogP contribution in [0.4, 0.5) is 0 Å². The third-order valence-corrected chi connectivity index (χ3v) is 15.8. The minimum absolute atomic E-state index is 0.00391. The van der Waals surface area contributed by atoms with E-state index in [1.165, 1.54) is 61.6 Å². The van der Waals surface area contributed by atoms with Crippen molar-refractivity contribution >= 4 is 34.7 Å². The molecular formula is C51H42N2S2. The van der Waals surface area contributed by atoms with Crippen LogP contribution in [0.15, 0.2) is 155 Å². The Bertz CT molecular complexity index is 2470. The maximum atomic E-state index is 10.4. The van der Waals surface area contributed by atoms with E-state index in [-0.39, 0.29) is 17.8 Å². The fraction of sp³-hybridized carbons (Fsp3) is 0.255. The number of allylic oxidation sites excluding steroid dienone is 16. The van der Waals surface area contributed by atoms with E-state index < -0.39 is 0 Å². The standard InChI is InChI=1S/C51H42N2S2/c1-31-37(30-53)15-10-18-38(31)51-42(35-22-24-48-44(27-35)40-17-6-8-20-46(40)55-48)28-41(34-21-23-47-43(26-34)39-16-5-7-19-45(39)54-47)49(36-14-9-11-32(25-36)29-52)50(51)33-12-3-2-4-13-33/h2-7,9-19,21-25,28,31,34,37,39-40,44-46H,8,20,26-27H2,1H3. The minimum Gasteiger partial charge on any atom is -0.198 e. The molecule has 2 heterocycles. The van der Waals surface area contributed by atoms with E-state index in [0.717, 1.165) is 24.0 Å². The van der Waals surface area contributed by atoms with Crippen molar-refractivity contribution in [1.82, 2.24) is 0 Å². The number of rotatable bonds is 5. The lowest BCUT2D eigenvalue weighted by Crippen LogP contribution is -2.21. The number of benzene rings is 3. The molecule has 0 spiro atoms. The summed E-state index contributed by atoms with van der Waals surface area (Å²) in [5, 5.41) is 21.7. The average Bonchev–Trinajstić information content (AvgIpc) is 3.81. The van der Waals surface area contributed by atoms with Crippen molar-refractivity contribution in [2.45, 2.75) is 49.0 Å². The Morgan fingerprint density at radius 3 is 2.51 bits per heavy atom. The van der Waals surface area contributed by atoms with Crippen LogP contribution >= 0.6 is 23.5 Å². The first-order valence-electron chi connectivity index (χ1n) is 19.8. The molecule has 3 aromatic carbocycles. The highest BCUT2D eigenvalue weighted by molar-refractivity contribution is 8.04. The van der Waals surface area contributed by atoms with Gasteiger partial charge in [-0.1, -0.05) is 128 Å². The molecule has 5 aliphatic carbocycles. The van der Waals surface area contributed by atoms with Crippen LogP contribution in [0, 0.1) is 52.3 Å². The maximum absolute atomic E-state index is 10.4. The molecule has 0 saturated carbocycles. The Morgan fingerprint density at radius 1 is 0.764 bits per heavy atom. The lowest BCUT2D eigenvalue weighted by molar-refractivity contribution is 0.453. The van der Waals surface area contributed by atoms with Gasteiger partial charge in [-0.3, -0.25) is 0 Å². The van der Waals surface area contributed by atoms with Crippen LogP contribution in [0.5, 0.6) is 0 Å². The third-order valence-electron chi connectivity index (χ3n) is 12.9. The van der Waals surface area contributed by atoms with Crippen LogP contribution in [0.25, 0.3) is 33.4 Å². The van der Waals surface area contributed by atoms with Gasteiger partial charge in [0, 0.05) is 39.1 Å². The van der Waals surface area contributed by atoms with Crippen molar-refractivity contribution in [3.05, 3.63) is 177 Å². The molecule has 0 radical (unpaired) electrons. The molecule has 0 N–H and O–H groups in total. The van der Waals surface area contributed by atoms with Crippen molar-refractivity contribution in [1.29, 1.82) is 10.5 Å². The van der Waals surface area contributed by atoms with E-state index >= 15 is 0 Å². The Labute approximate surface area is 333 Å². The molecule has 1 saturated heterocycles. The highest BCUT2D eigenvalue weighted by atomic mass is 32.2. The summed E-state index contributed by atoms with van der Waals surface area (Å²) in [6.07, 6.45) is 34.6. The lowest BCUT2D eigenvalue weighted by Gasteiger charge is -2.33. The zero-order valence-electron chi connectivity index (χ0n) is 30.9. The van der Waals surface area contributed by atoms with Crippen molar-refractivity contribution < 1.29 is 0 Å². The largest absolute Gasteiger partial charge is 0.198 e. The average molecular weight is 747 g/mol. The topological polar surface area (TPSA) is 47.6 Å². The van der Waals surface area contributed by atoms with Gasteiger partial charge in [-0.25, -0.2) is 0 Å². The van der Waals surface area contributed by atoms with Crippen molar-refractivity contribution in [3.63, 3.8) is 0 Å². The monoisotopic (exact) mass is 746 g/mol. The van der Waals surface area contributed by atoms with Gasteiger partial charge in [-0.15, -0.1) is 23.5 Å². The van der Waals surface area contributed by atoms with Crippen LogP contribution in [0.2, 0.25) is 0 Å². The molecule has 3 aromatic rings. The lowest BCUT2D eigenvalue weighted by atomic mass is 9.69. The summed E-state index contributed by atoms with van der Waals surface area (Å²) in [5.41, 5.74) is 13.2. The van der Waals surface area contributed by atoms with E-state index in [1.54, 1.807) is 5.57 Å². The van der Waals surface area contributed by atoms with E-state index in [2.05, 4.69) is 158 Å². The first-order valence-corrected chi connectivity index (χ1v) is 21.6. The molecule has 2 nitrogen and oxygen atoms in total. The third kappa shape index (κ3) is 5.94. The first-order chi connectivity index (χ1) is 27.1. The molecule has 4 heteroatoms. The van der Waals surface area contributed by atoms with Gasteiger partial charge in [0.1, 0.15) is 0 Å². The fourth-order valence-electron chi connectivity index (χ4n) is 10.2. The molecule has 2 aliphatic heterocycles. The summed E-state index contributed by atoms with van der Waals surface area (Å²) < 4.78 is 0. The predicted octanol–water partition coefficient (Wildman–Crippen LogP) is 13.1. The first kappa shape index (κ1) is 34.5. The summed E-state index contributed by atoms with van der Waals surface area (Å²) in [5.74, 6) is 1.41. The van der Waals surface area contributed by atoms with Crippen molar-refractivity contribution in [3.8, 4) is 34.4 Å². The van der Waals surface area contributed by atoms with Crippen LogP contribution in [0.3, 0.4) is 0 Å². The number of nitrogens with zero attached hydrogens (tertiary/aromatic N) is 2. The second-order valence-electron chi connectivity index (χ2n) is 15.9. The SMILES string of the molecule is CC1C(c2c(C3=CC=C4SC5CCC=CC5C4C3)cc(C3C=CC4=C(C3)C3C=CC=CC3S4)c(-c3cccc(C#N)c3)c2-c2ccccc2)=CC=CC1C#N. The van der Waals surface area contributed by atoms with E-state index in [4.69, 9.17) is 0 Å². The molecule has 0 aromatic heterocycles. The second kappa shape index (κ2) is 14.3. The molecule has 10 rings (SSSR count). The van der Waals surface area contributed by atoms with Gasteiger partial charge >= 0.3 is 0 Å². The van der Waals surface area contributed by atoms with Gasteiger partial charge in [0.05, 0.1) is 23.6 Å². The van der Waals surface area contributed by atoms with E-state index in [9.17, 15) is 10.5 Å². The zero-order chi connectivity index (χ0) is 37.0. The highest BCUT2D eigenvalue weighted by Crippen LogP contribution is 2.58. The molecule has 8 atom stereocenters. The number of hydrogen-bond acceptors (Lipinski definition) is 4. The molecule has 268 valence electrons.